The van der Waals surface area contributed by atoms with E-state index in [-0.39, 0.29) is 0 Å². The number of aryl methyl sites for hydroxylation is 1. The van der Waals surface area contributed by atoms with E-state index in [0.29, 0.717) is 5.92 Å². The summed E-state index contributed by atoms with van der Waals surface area (Å²) in [6, 6.07) is 9.29. The Morgan fingerprint density at radius 1 is 1.18 bits per heavy atom. The first-order valence-electron chi connectivity index (χ1n) is 8.53. The Hall–Kier alpha value is -1.22. The number of nitrogens with zero attached hydrogens (tertiary/aromatic N) is 2. The van der Waals surface area contributed by atoms with Crippen molar-refractivity contribution in [2.45, 2.75) is 68.1 Å². The lowest BCUT2D eigenvalue weighted by molar-refractivity contribution is 0.516. The predicted molar refractivity (Wildman–Crippen MR) is 94.4 cm³/mol. The van der Waals surface area contributed by atoms with Crippen LogP contribution in [-0.4, -0.2) is 14.8 Å². The third kappa shape index (κ3) is 4.39. The van der Waals surface area contributed by atoms with E-state index in [1.165, 1.54) is 42.6 Å². The average molecular weight is 314 g/mol. The molecule has 1 fully saturated rings. The molecule has 0 saturated heterocycles. The maximum Gasteiger partial charge on any atom is 0.0945 e. The van der Waals surface area contributed by atoms with E-state index in [4.69, 9.17) is 0 Å². The van der Waals surface area contributed by atoms with Crippen molar-refractivity contribution in [3.05, 3.63) is 48.5 Å². The molecular formula is C19H26N2S. The van der Waals surface area contributed by atoms with Gasteiger partial charge in [0.25, 0.3) is 0 Å². The number of imidazole rings is 1. The van der Waals surface area contributed by atoms with E-state index in [0.717, 1.165) is 18.2 Å². The highest BCUT2D eigenvalue weighted by Crippen LogP contribution is 2.34. The van der Waals surface area contributed by atoms with Crippen molar-refractivity contribution in [2.75, 3.05) is 0 Å². The Balaban J connectivity index is 1.51. The molecule has 1 heterocycles. The predicted octanol–water partition coefficient (Wildman–Crippen LogP) is 5.50. The van der Waals surface area contributed by atoms with Gasteiger partial charge in [0.1, 0.15) is 0 Å². The number of hydrogen-bond acceptors (Lipinski definition) is 2. The average Bonchev–Trinajstić information content (AvgIpc) is 3.08. The molecule has 2 aromatic rings. The summed E-state index contributed by atoms with van der Waals surface area (Å²) in [4.78, 5) is 5.54. The molecule has 1 aromatic heterocycles. The van der Waals surface area contributed by atoms with Crippen molar-refractivity contribution in [2.24, 2.45) is 0 Å². The molecule has 0 spiro atoms. The Morgan fingerprint density at radius 2 is 1.95 bits per heavy atom. The first-order valence-corrected chi connectivity index (χ1v) is 9.41. The Morgan fingerprint density at radius 3 is 2.64 bits per heavy atom. The Kier molecular flexibility index (Phi) is 5.60. The summed E-state index contributed by atoms with van der Waals surface area (Å²) in [5.74, 6) is 0.594. The molecule has 1 atom stereocenters. The van der Waals surface area contributed by atoms with Crippen LogP contribution in [0.25, 0.3) is 0 Å². The van der Waals surface area contributed by atoms with Crippen LogP contribution in [0.3, 0.4) is 0 Å². The lowest BCUT2D eigenvalue weighted by atomic mass is 9.98. The van der Waals surface area contributed by atoms with Crippen molar-refractivity contribution in [3.63, 3.8) is 0 Å². The van der Waals surface area contributed by atoms with Gasteiger partial charge >= 0.3 is 0 Å². The number of aromatic nitrogens is 2. The smallest absolute Gasteiger partial charge is 0.0945 e. The molecule has 118 valence electrons. The zero-order valence-corrected chi connectivity index (χ0v) is 14.3. The third-order valence-corrected chi connectivity index (χ3v) is 6.03. The van der Waals surface area contributed by atoms with Crippen molar-refractivity contribution < 1.29 is 0 Å². The number of thioether (sulfide) groups is 1. The largest absolute Gasteiger partial charge is 0.337 e. The monoisotopic (exact) mass is 314 g/mol. The van der Waals surface area contributed by atoms with Gasteiger partial charge < -0.3 is 4.57 Å². The molecule has 1 aliphatic carbocycles. The quantitative estimate of drug-likeness (QED) is 0.700. The second kappa shape index (κ2) is 7.87. The van der Waals surface area contributed by atoms with Crippen LogP contribution in [-0.2, 0) is 6.54 Å². The normalized spacial score (nSPS) is 17.5. The zero-order chi connectivity index (χ0) is 15.2. The second-order valence-electron chi connectivity index (χ2n) is 6.44. The first kappa shape index (κ1) is 15.7. The maximum absolute atomic E-state index is 4.10. The topological polar surface area (TPSA) is 17.8 Å². The second-order valence-corrected chi connectivity index (χ2v) is 7.81. The van der Waals surface area contributed by atoms with Crippen molar-refractivity contribution in [3.8, 4) is 0 Å². The molecule has 0 N–H and O–H groups in total. The lowest BCUT2D eigenvalue weighted by Crippen LogP contribution is -2.07. The van der Waals surface area contributed by atoms with Gasteiger partial charge in [0.2, 0.25) is 0 Å². The van der Waals surface area contributed by atoms with Crippen LogP contribution >= 0.6 is 11.8 Å². The van der Waals surface area contributed by atoms with Crippen LogP contribution in [0.5, 0.6) is 0 Å². The summed E-state index contributed by atoms with van der Waals surface area (Å²) >= 11 is 2.08. The molecule has 22 heavy (non-hydrogen) atoms. The summed E-state index contributed by atoms with van der Waals surface area (Å²) < 4.78 is 2.16. The van der Waals surface area contributed by atoms with Crippen molar-refractivity contribution in [1.29, 1.82) is 0 Å². The van der Waals surface area contributed by atoms with Crippen LogP contribution in [0, 0.1) is 0 Å². The molecule has 3 heteroatoms. The number of benzene rings is 1. The molecule has 3 rings (SSSR count). The molecule has 1 aliphatic rings. The van der Waals surface area contributed by atoms with Gasteiger partial charge in [-0.05, 0) is 42.9 Å². The minimum absolute atomic E-state index is 0.594. The molecule has 0 bridgehead atoms. The minimum Gasteiger partial charge on any atom is -0.337 e. The molecule has 0 aliphatic heterocycles. The minimum atomic E-state index is 0.594. The summed E-state index contributed by atoms with van der Waals surface area (Å²) in [6.45, 7) is 3.36. The van der Waals surface area contributed by atoms with Gasteiger partial charge in [0, 0.05) is 29.1 Å². The fourth-order valence-corrected chi connectivity index (χ4v) is 4.43. The van der Waals surface area contributed by atoms with Gasteiger partial charge in [-0.15, -0.1) is 11.8 Å². The fourth-order valence-electron chi connectivity index (χ4n) is 3.18. The summed E-state index contributed by atoms with van der Waals surface area (Å²) in [6.07, 6.45) is 14.0. The molecule has 2 nitrogen and oxygen atoms in total. The molecule has 0 radical (unpaired) electrons. The standard InChI is InChI=1S/C19H26N2S/c1-16(11-13-21-14-12-20-15-21)17-7-9-19(10-8-17)22-18-5-3-2-4-6-18/h7-10,12,14-16,18H,2-6,11,13H2,1H3. The Labute approximate surface area is 138 Å². The summed E-state index contributed by atoms with van der Waals surface area (Å²) in [5, 5.41) is 0.846. The van der Waals surface area contributed by atoms with Crippen LogP contribution in [0.1, 0.15) is 56.9 Å². The van der Waals surface area contributed by atoms with E-state index >= 15 is 0 Å². The summed E-state index contributed by atoms with van der Waals surface area (Å²) in [5.41, 5.74) is 1.45. The van der Waals surface area contributed by atoms with E-state index in [9.17, 15) is 0 Å². The lowest BCUT2D eigenvalue weighted by Gasteiger charge is -2.21. The number of rotatable bonds is 6. The van der Waals surface area contributed by atoms with Gasteiger partial charge in [0.05, 0.1) is 6.33 Å². The van der Waals surface area contributed by atoms with Crippen LogP contribution in [0.15, 0.2) is 47.9 Å². The third-order valence-electron chi connectivity index (χ3n) is 4.68. The SMILES string of the molecule is CC(CCn1ccnc1)c1ccc(SC2CCCCC2)cc1. The van der Waals surface area contributed by atoms with Gasteiger partial charge in [-0.1, -0.05) is 38.3 Å². The molecule has 1 saturated carbocycles. The highest BCUT2D eigenvalue weighted by Gasteiger charge is 2.14. The van der Waals surface area contributed by atoms with Crippen molar-refractivity contribution >= 4 is 11.8 Å². The van der Waals surface area contributed by atoms with Gasteiger partial charge in [-0.25, -0.2) is 4.98 Å². The highest BCUT2D eigenvalue weighted by atomic mass is 32.2. The number of hydrogen-bond donors (Lipinski definition) is 0. The van der Waals surface area contributed by atoms with Gasteiger partial charge in [0.15, 0.2) is 0 Å². The van der Waals surface area contributed by atoms with E-state index in [1.807, 2.05) is 18.7 Å². The Bertz CT molecular complexity index is 541. The van der Waals surface area contributed by atoms with E-state index in [2.05, 4.69) is 52.5 Å². The highest BCUT2D eigenvalue weighted by molar-refractivity contribution is 8.00. The molecule has 0 amide bonds. The maximum atomic E-state index is 4.10. The summed E-state index contributed by atoms with van der Waals surface area (Å²) in [7, 11) is 0. The van der Waals surface area contributed by atoms with Crippen LogP contribution < -0.4 is 0 Å². The molecule has 1 unspecified atom stereocenters. The fraction of sp³-hybridized carbons (Fsp3) is 0.526. The van der Waals surface area contributed by atoms with Crippen LogP contribution in [0.2, 0.25) is 0 Å². The zero-order valence-electron chi connectivity index (χ0n) is 13.4. The molecular weight excluding hydrogens is 288 g/mol. The first-order chi connectivity index (χ1) is 10.8. The van der Waals surface area contributed by atoms with Crippen LogP contribution in [0.4, 0.5) is 0 Å². The van der Waals surface area contributed by atoms with E-state index < -0.39 is 0 Å². The van der Waals surface area contributed by atoms with Crippen molar-refractivity contribution in [1.82, 2.24) is 9.55 Å². The van der Waals surface area contributed by atoms with Gasteiger partial charge in [-0.2, -0.15) is 0 Å². The van der Waals surface area contributed by atoms with Gasteiger partial charge in [-0.3, -0.25) is 0 Å². The molecule has 1 aromatic carbocycles. The van der Waals surface area contributed by atoms with E-state index in [1.54, 1.807) is 0 Å².